The Kier molecular flexibility index (Phi) is 7.70. The van der Waals surface area contributed by atoms with Crippen LogP contribution in [0.25, 0.3) is 0 Å². The zero-order valence-corrected chi connectivity index (χ0v) is 15.7. The van der Waals surface area contributed by atoms with Crippen molar-refractivity contribution in [3.8, 4) is 0 Å². The molecule has 0 saturated heterocycles. The average Bonchev–Trinajstić information content (AvgIpc) is 3.00. The third-order valence-electron chi connectivity index (χ3n) is 4.68. The maximum atomic E-state index is 12.2. The molecule has 1 amide bonds. The fourth-order valence-electron chi connectivity index (χ4n) is 3.27. The molecule has 24 heavy (non-hydrogen) atoms. The van der Waals surface area contributed by atoms with Crippen LogP contribution in [0, 0.1) is 0 Å². The lowest BCUT2D eigenvalue weighted by Crippen LogP contribution is -2.46. The molecule has 1 aliphatic carbocycles. The molecular formula is C17H27ClN2O3S. The molecule has 0 spiro atoms. The Morgan fingerprint density at radius 1 is 1.25 bits per heavy atom. The largest absolute Gasteiger partial charge is 0.354 e. The number of benzene rings is 1. The minimum Gasteiger partial charge on any atom is -0.354 e. The third kappa shape index (κ3) is 5.76. The third-order valence-corrected chi connectivity index (χ3v) is 5.66. The van der Waals surface area contributed by atoms with Crippen molar-refractivity contribution in [3.63, 3.8) is 0 Å². The van der Waals surface area contributed by atoms with Crippen molar-refractivity contribution in [2.75, 3.05) is 18.6 Å². The Morgan fingerprint density at radius 2 is 1.83 bits per heavy atom. The first-order valence-electron chi connectivity index (χ1n) is 8.09. The van der Waals surface area contributed by atoms with Crippen LogP contribution >= 0.6 is 12.4 Å². The highest BCUT2D eigenvalue weighted by Crippen LogP contribution is 2.40. The Hall–Kier alpha value is -1.11. The van der Waals surface area contributed by atoms with Crippen molar-refractivity contribution in [1.82, 2.24) is 5.32 Å². The highest BCUT2D eigenvalue weighted by molar-refractivity contribution is 7.90. The van der Waals surface area contributed by atoms with Gasteiger partial charge in [-0.1, -0.05) is 43.2 Å². The van der Waals surface area contributed by atoms with Gasteiger partial charge >= 0.3 is 0 Å². The molecule has 1 unspecified atom stereocenters. The van der Waals surface area contributed by atoms with Crippen molar-refractivity contribution in [3.05, 3.63) is 35.9 Å². The molecular weight excluding hydrogens is 348 g/mol. The molecule has 1 aliphatic rings. The normalized spacial score (nSPS) is 17.8. The standard InChI is InChI=1S/C17H26N2O3S.ClH/c1-23(21,22)12-9-15(18)16(20)19-13-17(10-5-6-11-17)14-7-3-2-4-8-14;/h2-4,7-8,15H,5-6,9-13,18H2,1H3,(H,19,20);1H. The van der Waals surface area contributed by atoms with Crippen LogP contribution in [0.2, 0.25) is 0 Å². The van der Waals surface area contributed by atoms with Crippen molar-refractivity contribution >= 4 is 28.2 Å². The van der Waals surface area contributed by atoms with Crippen molar-refractivity contribution in [1.29, 1.82) is 0 Å². The second kappa shape index (κ2) is 8.83. The molecule has 1 aromatic carbocycles. The van der Waals surface area contributed by atoms with E-state index in [0.29, 0.717) is 6.54 Å². The average molecular weight is 375 g/mol. The maximum Gasteiger partial charge on any atom is 0.236 e. The van der Waals surface area contributed by atoms with Crippen LogP contribution in [0.1, 0.15) is 37.7 Å². The van der Waals surface area contributed by atoms with Crippen LogP contribution in [-0.2, 0) is 20.0 Å². The quantitative estimate of drug-likeness (QED) is 0.761. The van der Waals surface area contributed by atoms with Crippen molar-refractivity contribution in [2.24, 2.45) is 5.73 Å². The van der Waals surface area contributed by atoms with Crippen LogP contribution in [-0.4, -0.2) is 38.9 Å². The lowest BCUT2D eigenvalue weighted by molar-refractivity contribution is -0.122. The van der Waals surface area contributed by atoms with E-state index < -0.39 is 15.9 Å². The van der Waals surface area contributed by atoms with Gasteiger partial charge in [0.1, 0.15) is 9.84 Å². The number of nitrogens with one attached hydrogen (secondary N) is 1. The number of carbonyl (C=O) groups is 1. The van der Waals surface area contributed by atoms with Crippen molar-refractivity contribution < 1.29 is 13.2 Å². The lowest BCUT2D eigenvalue weighted by Gasteiger charge is -2.30. The monoisotopic (exact) mass is 374 g/mol. The highest BCUT2D eigenvalue weighted by atomic mass is 35.5. The van der Waals surface area contributed by atoms with E-state index >= 15 is 0 Å². The van der Waals surface area contributed by atoms with Gasteiger partial charge in [-0.2, -0.15) is 0 Å². The summed E-state index contributed by atoms with van der Waals surface area (Å²) in [5.41, 5.74) is 7.05. The molecule has 3 N–H and O–H groups in total. The number of carbonyl (C=O) groups excluding carboxylic acids is 1. The van der Waals surface area contributed by atoms with Crippen molar-refractivity contribution in [2.45, 2.75) is 43.6 Å². The van der Waals surface area contributed by atoms with Gasteiger partial charge in [-0.05, 0) is 24.8 Å². The van der Waals surface area contributed by atoms with Gasteiger partial charge in [-0.3, -0.25) is 4.79 Å². The molecule has 7 heteroatoms. The Bertz CT molecular complexity index is 628. The van der Waals surface area contributed by atoms with E-state index in [4.69, 9.17) is 5.73 Å². The zero-order valence-electron chi connectivity index (χ0n) is 14.0. The molecule has 5 nitrogen and oxygen atoms in total. The SMILES string of the molecule is CS(=O)(=O)CCC(N)C(=O)NCC1(c2ccccc2)CCCC1.Cl. The first kappa shape index (κ1) is 20.9. The number of amides is 1. The summed E-state index contributed by atoms with van der Waals surface area (Å²) < 4.78 is 22.3. The summed E-state index contributed by atoms with van der Waals surface area (Å²) in [6.07, 6.45) is 5.73. The van der Waals surface area contributed by atoms with E-state index in [-0.39, 0.29) is 35.9 Å². The predicted molar refractivity (Wildman–Crippen MR) is 99.1 cm³/mol. The molecule has 0 aromatic heterocycles. The number of sulfone groups is 1. The van der Waals surface area contributed by atoms with E-state index in [0.717, 1.165) is 31.9 Å². The number of hydrogen-bond donors (Lipinski definition) is 2. The molecule has 136 valence electrons. The van der Waals surface area contributed by atoms with E-state index in [9.17, 15) is 13.2 Å². The van der Waals surface area contributed by atoms with Crippen LogP contribution in [0.5, 0.6) is 0 Å². The maximum absolute atomic E-state index is 12.2. The first-order chi connectivity index (χ1) is 10.8. The molecule has 1 fully saturated rings. The van der Waals surface area contributed by atoms with Crippen LogP contribution in [0.15, 0.2) is 30.3 Å². The molecule has 0 radical (unpaired) electrons. The topological polar surface area (TPSA) is 89.3 Å². The summed E-state index contributed by atoms with van der Waals surface area (Å²) >= 11 is 0. The van der Waals surface area contributed by atoms with Gasteiger partial charge in [0.15, 0.2) is 0 Å². The fourth-order valence-corrected chi connectivity index (χ4v) is 3.95. The fraction of sp³-hybridized carbons (Fsp3) is 0.588. The van der Waals surface area contributed by atoms with Gasteiger partial charge in [0.05, 0.1) is 11.8 Å². The summed E-state index contributed by atoms with van der Waals surface area (Å²) in [5.74, 6) is -0.332. The van der Waals surface area contributed by atoms with E-state index in [1.807, 2.05) is 18.2 Å². The molecule has 1 saturated carbocycles. The lowest BCUT2D eigenvalue weighted by atomic mass is 9.79. The minimum absolute atomic E-state index is 0. The number of halogens is 1. The second-order valence-electron chi connectivity index (χ2n) is 6.60. The van der Waals surface area contributed by atoms with Gasteiger partial charge in [0, 0.05) is 18.2 Å². The highest BCUT2D eigenvalue weighted by Gasteiger charge is 2.36. The summed E-state index contributed by atoms with van der Waals surface area (Å²) in [6.45, 7) is 0.558. The summed E-state index contributed by atoms with van der Waals surface area (Å²) in [4.78, 5) is 12.2. The van der Waals surface area contributed by atoms with Crippen LogP contribution < -0.4 is 11.1 Å². The van der Waals surface area contributed by atoms with E-state index in [1.54, 1.807) is 0 Å². The molecule has 1 atom stereocenters. The molecule has 0 heterocycles. The Labute approximate surface area is 150 Å². The van der Waals surface area contributed by atoms with Crippen LogP contribution in [0.3, 0.4) is 0 Å². The van der Waals surface area contributed by atoms with Gasteiger partial charge in [0.25, 0.3) is 0 Å². The van der Waals surface area contributed by atoms with Crippen LogP contribution in [0.4, 0.5) is 0 Å². The molecule has 1 aromatic rings. The number of nitrogens with two attached hydrogens (primary N) is 1. The zero-order chi connectivity index (χ0) is 16.9. The second-order valence-corrected chi connectivity index (χ2v) is 8.86. The van der Waals surface area contributed by atoms with E-state index in [2.05, 4.69) is 17.4 Å². The van der Waals surface area contributed by atoms with E-state index in [1.165, 1.54) is 5.56 Å². The predicted octanol–water partition coefficient (Wildman–Crippen LogP) is 1.80. The number of hydrogen-bond acceptors (Lipinski definition) is 4. The van der Waals surface area contributed by atoms with Gasteiger partial charge in [-0.15, -0.1) is 12.4 Å². The first-order valence-corrected chi connectivity index (χ1v) is 10.2. The molecule has 2 rings (SSSR count). The number of rotatable bonds is 7. The Balaban J connectivity index is 0.00000288. The minimum atomic E-state index is -3.10. The summed E-state index contributed by atoms with van der Waals surface area (Å²) in [6, 6.07) is 9.48. The molecule has 0 aliphatic heterocycles. The summed E-state index contributed by atoms with van der Waals surface area (Å²) in [7, 11) is -3.10. The van der Waals surface area contributed by atoms with Gasteiger partial charge in [-0.25, -0.2) is 8.42 Å². The van der Waals surface area contributed by atoms with Gasteiger partial charge in [0.2, 0.25) is 5.91 Å². The van der Waals surface area contributed by atoms with Gasteiger partial charge < -0.3 is 11.1 Å². The Morgan fingerprint density at radius 3 is 2.38 bits per heavy atom. The smallest absolute Gasteiger partial charge is 0.236 e. The summed E-state index contributed by atoms with van der Waals surface area (Å²) in [5, 5.41) is 2.94. The molecule has 0 bridgehead atoms.